The molecule has 2 heterocycles. The quantitative estimate of drug-likeness (QED) is 0.931. The Morgan fingerprint density at radius 2 is 2.05 bits per heavy atom. The largest absolute Gasteiger partial charge is 0.370 e. The summed E-state index contributed by atoms with van der Waals surface area (Å²) < 4.78 is 8.35. The summed E-state index contributed by atoms with van der Waals surface area (Å²) in [4.78, 5) is 4.74. The predicted octanol–water partition coefficient (Wildman–Crippen LogP) is 2.89. The Morgan fingerprint density at radius 3 is 2.80 bits per heavy atom. The highest BCUT2D eigenvalue weighted by atomic mass is 16.5. The Hall–Kier alpha value is -1.39. The fourth-order valence-corrected chi connectivity index (χ4v) is 2.93. The van der Waals surface area contributed by atoms with Crippen LogP contribution in [0.1, 0.15) is 38.6 Å². The molecule has 0 atom stereocenters. The van der Waals surface area contributed by atoms with Gasteiger partial charge in [0, 0.05) is 6.04 Å². The van der Waals surface area contributed by atoms with Crippen molar-refractivity contribution in [1.82, 2.24) is 14.9 Å². The van der Waals surface area contributed by atoms with Gasteiger partial charge in [-0.05, 0) is 51.9 Å². The molecular weight excluding hydrogens is 250 g/mol. The summed E-state index contributed by atoms with van der Waals surface area (Å²) >= 11 is 0. The van der Waals surface area contributed by atoms with Crippen molar-refractivity contribution in [2.24, 2.45) is 0 Å². The van der Waals surface area contributed by atoms with Crippen molar-refractivity contribution in [3.05, 3.63) is 30.1 Å². The van der Waals surface area contributed by atoms with Crippen LogP contribution in [-0.4, -0.2) is 28.7 Å². The number of nitrogens with zero attached hydrogens (tertiary/aromatic N) is 2. The van der Waals surface area contributed by atoms with Gasteiger partial charge in [0.2, 0.25) is 0 Å². The summed E-state index contributed by atoms with van der Waals surface area (Å²) in [6, 6.07) is 8.71. The average molecular weight is 273 g/mol. The number of hydrogen-bond acceptors (Lipinski definition) is 3. The summed E-state index contributed by atoms with van der Waals surface area (Å²) in [6.45, 7) is 7.12. The fraction of sp³-hybridized carbons (Fsp3) is 0.562. The summed E-state index contributed by atoms with van der Waals surface area (Å²) in [5.74, 6) is 1.04. The molecule has 1 aliphatic rings. The molecule has 2 aromatic rings. The Balaban J connectivity index is 1.81. The van der Waals surface area contributed by atoms with E-state index in [1.165, 1.54) is 5.52 Å². The molecule has 1 N–H and O–H groups in total. The minimum Gasteiger partial charge on any atom is -0.370 e. The van der Waals surface area contributed by atoms with E-state index in [0.29, 0.717) is 18.8 Å². The fourth-order valence-electron chi connectivity index (χ4n) is 2.93. The first-order valence-corrected chi connectivity index (χ1v) is 7.54. The molecule has 1 aliphatic heterocycles. The molecule has 3 rings (SSSR count). The van der Waals surface area contributed by atoms with Crippen LogP contribution in [0.5, 0.6) is 0 Å². The molecule has 1 fully saturated rings. The number of aromatic nitrogens is 2. The van der Waals surface area contributed by atoms with Gasteiger partial charge in [0.05, 0.1) is 17.1 Å². The van der Waals surface area contributed by atoms with Crippen molar-refractivity contribution in [3.8, 4) is 0 Å². The minimum atomic E-state index is 0.372. The van der Waals surface area contributed by atoms with Crippen LogP contribution in [-0.2, 0) is 11.3 Å². The highest BCUT2D eigenvalue weighted by Gasteiger charge is 2.17. The zero-order chi connectivity index (χ0) is 13.9. The third-order valence-electron chi connectivity index (χ3n) is 3.92. The average Bonchev–Trinajstić information content (AvgIpc) is 2.84. The summed E-state index contributed by atoms with van der Waals surface area (Å²) in [7, 11) is 0. The van der Waals surface area contributed by atoms with E-state index in [-0.39, 0.29) is 0 Å². The Kier molecular flexibility index (Phi) is 4.03. The van der Waals surface area contributed by atoms with Crippen LogP contribution in [0.4, 0.5) is 0 Å². The molecule has 4 heteroatoms. The minimum absolute atomic E-state index is 0.372. The van der Waals surface area contributed by atoms with E-state index in [1.807, 2.05) is 6.07 Å². The van der Waals surface area contributed by atoms with Crippen molar-refractivity contribution in [3.63, 3.8) is 0 Å². The first-order valence-electron chi connectivity index (χ1n) is 7.54. The molecule has 0 radical (unpaired) electrons. The van der Waals surface area contributed by atoms with E-state index >= 15 is 0 Å². The molecule has 4 nitrogen and oxygen atoms in total. The monoisotopic (exact) mass is 273 g/mol. The molecule has 0 spiro atoms. The van der Waals surface area contributed by atoms with Gasteiger partial charge in [-0.1, -0.05) is 12.1 Å². The van der Waals surface area contributed by atoms with E-state index < -0.39 is 0 Å². The number of para-hydroxylation sites is 2. The van der Waals surface area contributed by atoms with E-state index in [9.17, 15) is 0 Å². The second kappa shape index (κ2) is 5.94. The van der Waals surface area contributed by atoms with E-state index in [2.05, 4.69) is 41.9 Å². The predicted molar refractivity (Wildman–Crippen MR) is 80.8 cm³/mol. The van der Waals surface area contributed by atoms with Crippen molar-refractivity contribution in [2.45, 2.75) is 45.4 Å². The highest BCUT2D eigenvalue weighted by Crippen LogP contribution is 2.22. The lowest BCUT2D eigenvalue weighted by Gasteiger charge is -2.23. The smallest absolute Gasteiger partial charge is 0.136 e. The molecule has 1 saturated heterocycles. The number of nitrogens with one attached hydrogen (secondary N) is 1. The lowest BCUT2D eigenvalue weighted by atomic mass is 10.1. The zero-order valence-electron chi connectivity index (χ0n) is 12.3. The molecule has 1 aromatic carbocycles. The van der Waals surface area contributed by atoms with Gasteiger partial charge in [-0.3, -0.25) is 0 Å². The normalized spacial score (nSPS) is 17.1. The Labute approximate surface area is 120 Å². The van der Waals surface area contributed by atoms with Crippen molar-refractivity contribution < 1.29 is 4.74 Å². The van der Waals surface area contributed by atoms with Crippen LogP contribution in [0, 0.1) is 0 Å². The summed E-state index contributed by atoms with van der Waals surface area (Å²) in [5.41, 5.74) is 2.26. The Morgan fingerprint density at radius 1 is 1.30 bits per heavy atom. The maximum atomic E-state index is 6.07. The Bertz CT molecular complexity index is 570. The first-order chi connectivity index (χ1) is 9.75. The molecule has 1 aromatic heterocycles. The number of ether oxygens (including phenoxy) is 1. The number of imidazole rings is 1. The molecule has 108 valence electrons. The lowest BCUT2D eigenvalue weighted by molar-refractivity contribution is 0.0163. The highest BCUT2D eigenvalue weighted by molar-refractivity contribution is 5.76. The summed E-state index contributed by atoms with van der Waals surface area (Å²) in [5, 5.41) is 3.36. The molecule has 0 bridgehead atoms. The van der Waals surface area contributed by atoms with Gasteiger partial charge in [0.1, 0.15) is 12.4 Å². The number of hydrogen-bond donors (Lipinski definition) is 1. The first kappa shape index (κ1) is 13.6. The maximum absolute atomic E-state index is 6.07. The maximum Gasteiger partial charge on any atom is 0.136 e. The second-order valence-electron chi connectivity index (χ2n) is 5.74. The van der Waals surface area contributed by atoms with E-state index in [1.54, 1.807) is 0 Å². The van der Waals surface area contributed by atoms with Gasteiger partial charge in [-0.25, -0.2) is 4.98 Å². The van der Waals surface area contributed by atoms with Crippen LogP contribution in [0.25, 0.3) is 11.0 Å². The van der Waals surface area contributed by atoms with Crippen molar-refractivity contribution in [2.75, 3.05) is 13.1 Å². The number of fused-ring (bicyclic) bond motifs is 1. The van der Waals surface area contributed by atoms with Crippen LogP contribution in [0.3, 0.4) is 0 Å². The van der Waals surface area contributed by atoms with E-state index in [0.717, 1.165) is 37.3 Å². The van der Waals surface area contributed by atoms with Gasteiger partial charge in [0.15, 0.2) is 0 Å². The van der Waals surface area contributed by atoms with Crippen molar-refractivity contribution >= 4 is 11.0 Å². The van der Waals surface area contributed by atoms with Crippen LogP contribution >= 0.6 is 0 Å². The van der Waals surface area contributed by atoms with Gasteiger partial charge in [-0.15, -0.1) is 0 Å². The van der Waals surface area contributed by atoms with Crippen LogP contribution in [0.15, 0.2) is 24.3 Å². The molecule has 0 saturated carbocycles. The molecular formula is C16H23N3O. The van der Waals surface area contributed by atoms with Crippen molar-refractivity contribution in [1.29, 1.82) is 0 Å². The number of benzene rings is 1. The summed E-state index contributed by atoms with van der Waals surface area (Å²) in [6.07, 6.45) is 2.57. The SMILES string of the molecule is CC(C)n1c(COC2CCNCC2)nc2ccccc21. The molecule has 0 aliphatic carbocycles. The third kappa shape index (κ3) is 2.72. The second-order valence-corrected chi connectivity index (χ2v) is 5.74. The number of piperidine rings is 1. The lowest BCUT2D eigenvalue weighted by Crippen LogP contribution is -2.32. The van der Waals surface area contributed by atoms with Crippen LogP contribution in [0.2, 0.25) is 0 Å². The topological polar surface area (TPSA) is 39.1 Å². The molecule has 20 heavy (non-hydrogen) atoms. The number of rotatable bonds is 4. The van der Waals surface area contributed by atoms with E-state index in [4.69, 9.17) is 9.72 Å². The standard InChI is InChI=1S/C16H23N3O/c1-12(2)19-15-6-4-3-5-14(15)18-16(19)11-20-13-7-9-17-10-8-13/h3-6,12-13,17H,7-11H2,1-2H3. The van der Waals surface area contributed by atoms with Gasteiger partial charge in [0.25, 0.3) is 0 Å². The van der Waals surface area contributed by atoms with Gasteiger partial charge >= 0.3 is 0 Å². The van der Waals surface area contributed by atoms with Gasteiger partial charge < -0.3 is 14.6 Å². The molecule has 0 amide bonds. The molecule has 0 unspecified atom stereocenters. The van der Waals surface area contributed by atoms with Crippen LogP contribution < -0.4 is 5.32 Å². The third-order valence-corrected chi connectivity index (χ3v) is 3.92. The zero-order valence-corrected chi connectivity index (χ0v) is 12.3. The van der Waals surface area contributed by atoms with Gasteiger partial charge in [-0.2, -0.15) is 0 Å².